The molecule has 0 saturated carbocycles. The highest BCUT2D eigenvalue weighted by Gasteiger charge is 2.24. The molecule has 0 bridgehead atoms. The van der Waals surface area contributed by atoms with Crippen LogP contribution >= 0.6 is 11.3 Å². The van der Waals surface area contributed by atoms with Crippen molar-refractivity contribution in [3.63, 3.8) is 0 Å². The number of amides is 3. The number of nitrogens with one attached hydrogen (secondary N) is 2. The maximum Gasteiger partial charge on any atom is 0.410 e. The van der Waals surface area contributed by atoms with E-state index in [0.29, 0.717) is 42.3 Å². The smallest absolute Gasteiger partial charge is 0.410 e. The first-order chi connectivity index (χ1) is 21.5. The number of carbonyl (C=O) groups is 2. The SMILES string of the molecule is COCCN(Cc1ccc(-c2cc3nccc(Oc4ccc(NC(=O)NC5COC5)c(F)c4F)c3s2)nc1)C(=O)OC(C)(C)C. The zero-order valence-electron chi connectivity index (χ0n) is 25.2. The minimum Gasteiger partial charge on any atom is -0.453 e. The predicted octanol–water partition coefficient (Wildman–Crippen LogP) is 6.33. The first kappa shape index (κ1) is 32.0. The van der Waals surface area contributed by atoms with Gasteiger partial charge in [0.25, 0.3) is 0 Å². The van der Waals surface area contributed by atoms with Crippen LogP contribution in [-0.2, 0) is 20.8 Å². The Kier molecular flexibility index (Phi) is 9.75. The number of pyridine rings is 2. The molecule has 4 aromatic rings. The number of fused-ring (bicyclic) bond motifs is 1. The third-order valence-electron chi connectivity index (χ3n) is 6.53. The number of halogens is 2. The van der Waals surface area contributed by atoms with Crippen molar-refractivity contribution in [3.8, 4) is 22.1 Å². The number of hydrogen-bond donors (Lipinski definition) is 2. The van der Waals surface area contributed by atoms with E-state index in [4.69, 9.17) is 18.9 Å². The highest BCUT2D eigenvalue weighted by atomic mass is 32.1. The molecular weight excluding hydrogens is 608 g/mol. The number of anilines is 1. The third-order valence-corrected chi connectivity index (χ3v) is 7.69. The monoisotopic (exact) mass is 641 g/mol. The van der Waals surface area contributed by atoms with Crippen LogP contribution in [0.3, 0.4) is 0 Å². The van der Waals surface area contributed by atoms with Gasteiger partial charge < -0.3 is 34.5 Å². The van der Waals surface area contributed by atoms with Crippen molar-refractivity contribution in [2.75, 3.05) is 38.8 Å². The first-order valence-electron chi connectivity index (χ1n) is 14.1. The number of methoxy groups -OCH3 is 1. The van der Waals surface area contributed by atoms with Gasteiger partial charge >= 0.3 is 12.1 Å². The Morgan fingerprint density at radius 1 is 1.09 bits per heavy atom. The molecule has 3 amide bonds. The van der Waals surface area contributed by atoms with Gasteiger partial charge in [0, 0.05) is 32.1 Å². The summed E-state index contributed by atoms with van der Waals surface area (Å²) in [5, 5.41) is 4.91. The van der Waals surface area contributed by atoms with Gasteiger partial charge in [-0.25, -0.2) is 14.0 Å². The average Bonchev–Trinajstić information content (AvgIpc) is 3.42. The summed E-state index contributed by atoms with van der Waals surface area (Å²) in [5.41, 5.74) is 1.09. The van der Waals surface area contributed by atoms with E-state index < -0.39 is 29.4 Å². The Balaban J connectivity index is 1.30. The molecule has 0 atom stereocenters. The van der Waals surface area contributed by atoms with E-state index in [2.05, 4.69) is 20.6 Å². The maximum absolute atomic E-state index is 15.0. The second-order valence-electron chi connectivity index (χ2n) is 11.3. The lowest BCUT2D eigenvalue weighted by atomic mass is 10.2. The van der Waals surface area contributed by atoms with Gasteiger partial charge in [-0.05, 0) is 50.6 Å². The van der Waals surface area contributed by atoms with Crippen molar-refractivity contribution < 1.29 is 37.3 Å². The normalized spacial score (nSPS) is 13.3. The summed E-state index contributed by atoms with van der Waals surface area (Å²) in [6.45, 7) is 7.16. The van der Waals surface area contributed by atoms with Crippen LogP contribution < -0.4 is 15.4 Å². The number of benzene rings is 1. The van der Waals surface area contributed by atoms with E-state index >= 15 is 0 Å². The maximum atomic E-state index is 15.0. The molecule has 2 N–H and O–H groups in total. The molecule has 1 fully saturated rings. The second kappa shape index (κ2) is 13.7. The molecular formula is C31H33F2N5O6S. The first-order valence-corrected chi connectivity index (χ1v) is 14.9. The van der Waals surface area contributed by atoms with Crippen molar-refractivity contribution in [2.45, 2.75) is 39.0 Å². The van der Waals surface area contributed by atoms with Crippen molar-refractivity contribution in [3.05, 3.63) is 66.0 Å². The quantitative estimate of drug-likeness (QED) is 0.206. The zero-order valence-corrected chi connectivity index (χ0v) is 26.0. The molecule has 14 heteroatoms. The summed E-state index contributed by atoms with van der Waals surface area (Å²) in [5.74, 6) is -2.56. The predicted molar refractivity (Wildman–Crippen MR) is 165 cm³/mol. The summed E-state index contributed by atoms with van der Waals surface area (Å²) < 4.78 is 51.9. The van der Waals surface area contributed by atoms with Gasteiger partial charge in [-0.1, -0.05) is 6.07 Å². The summed E-state index contributed by atoms with van der Waals surface area (Å²) in [4.78, 5) is 36.1. The van der Waals surface area contributed by atoms with E-state index in [0.717, 1.165) is 10.4 Å². The molecule has 0 aliphatic carbocycles. The van der Waals surface area contributed by atoms with Crippen LogP contribution in [0.5, 0.6) is 11.5 Å². The number of carbonyl (C=O) groups excluding carboxylic acids is 2. The number of urea groups is 1. The Bertz CT molecular complexity index is 1670. The molecule has 1 aromatic carbocycles. The van der Waals surface area contributed by atoms with Crippen LogP contribution in [0.4, 0.5) is 24.1 Å². The minimum absolute atomic E-state index is 0.168. The molecule has 0 unspecified atom stereocenters. The number of nitrogens with zero attached hydrogens (tertiary/aromatic N) is 3. The van der Waals surface area contributed by atoms with Crippen LogP contribution in [-0.4, -0.2) is 72.1 Å². The van der Waals surface area contributed by atoms with Crippen molar-refractivity contribution >= 4 is 39.4 Å². The molecule has 4 heterocycles. The van der Waals surface area contributed by atoms with E-state index in [1.54, 1.807) is 24.3 Å². The lowest BCUT2D eigenvalue weighted by Crippen LogP contribution is -2.50. The molecule has 1 aliphatic heterocycles. The Labute approximate surface area is 262 Å². The van der Waals surface area contributed by atoms with E-state index in [-0.39, 0.29) is 29.8 Å². The topological polar surface area (TPSA) is 124 Å². The summed E-state index contributed by atoms with van der Waals surface area (Å²) in [6, 6.07) is 8.74. The van der Waals surface area contributed by atoms with Crippen LogP contribution in [0.25, 0.3) is 20.8 Å². The number of thiophene rings is 1. The second-order valence-corrected chi connectivity index (χ2v) is 12.3. The summed E-state index contributed by atoms with van der Waals surface area (Å²) in [6.07, 6.45) is 2.75. The molecule has 5 rings (SSSR count). The molecule has 0 radical (unpaired) electrons. The number of hydrogen-bond acceptors (Lipinski definition) is 9. The van der Waals surface area contributed by atoms with Gasteiger partial charge in [-0.15, -0.1) is 11.3 Å². The Morgan fingerprint density at radius 3 is 2.56 bits per heavy atom. The van der Waals surface area contributed by atoms with Gasteiger partial charge in [0.15, 0.2) is 11.6 Å². The van der Waals surface area contributed by atoms with Gasteiger partial charge in [0.1, 0.15) is 11.4 Å². The van der Waals surface area contributed by atoms with Crippen LogP contribution in [0.1, 0.15) is 26.3 Å². The van der Waals surface area contributed by atoms with E-state index in [1.165, 1.54) is 29.7 Å². The molecule has 11 nitrogen and oxygen atoms in total. The Morgan fingerprint density at radius 2 is 1.89 bits per heavy atom. The van der Waals surface area contributed by atoms with Gasteiger partial charge in [-0.3, -0.25) is 9.97 Å². The third kappa shape index (κ3) is 8.01. The number of aromatic nitrogens is 2. The zero-order chi connectivity index (χ0) is 32.1. The fraction of sp³-hybridized carbons (Fsp3) is 0.355. The van der Waals surface area contributed by atoms with Gasteiger partial charge in [0.2, 0.25) is 5.82 Å². The molecule has 0 spiro atoms. The van der Waals surface area contributed by atoms with E-state index in [1.807, 2.05) is 39.0 Å². The minimum atomic E-state index is -1.25. The molecule has 45 heavy (non-hydrogen) atoms. The lowest BCUT2D eigenvalue weighted by Gasteiger charge is -2.27. The highest BCUT2D eigenvalue weighted by Crippen LogP contribution is 2.39. The van der Waals surface area contributed by atoms with Crippen LogP contribution in [0.15, 0.2) is 48.8 Å². The molecule has 1 saturated heterocycles. The summed E-state index contributed by atoms with van der Waals surface area (Å²) >= 11 is 1.33. The molecule has 238 valence electrons. The van der Waals surface area contributed by atoms with Crippen molar-refractivity contribution in [2.24, 2.45) is 0 Å². The fourth-order valence-corrected chi connectivity index (χ4v) is 5.30. The highest BCUT2D eigenvalue weighted by molar-refractivity contribution is 7.22. The van der Waals surface area contributed by atoms with E-state index in [9.17, 15) is 18.4 Å². The lowest BCUT2D eigenvalue weighted by molar-refractivity contribution is 0.000731. The van der Waals surface area contributed by atoms with Gasteiger partial charge in [0.05, 0.1) is 58.9 Å². The summed E-state index contributed by atoms with van der Waals surface area (Å²) in [7, 11) is 1.57. The van der Waals surface area contributed by atoms with Crippen molar-refractivity contribution in [1.82, 2.24) is 20.2 Å². The molecule has 1 aliphatic rings. The Hall–Kier alpha value is -4.40. The van der Waals surface area contributed by atoms with Crippen LogP contribution in [0, 0.1) is 11.6 Å². The number of ether oxygens (including phenoxy) is 4. The standard InChI is InChI=1S/C31H33F2N5O6S/c1-31(2,3)44-30(40)38(11-12-41-4)15-18-5-6-20(35-14-18)25-13-22-28(45-25)24(9-10-34-22)43-23-8-7-21(26(32)27(23)33)37-29(39)36-19-16-42-17-19/h5-10,13-14,19H,11-12,15-17H2,1-4H3,(H2,36,37,39). The average molecular weight is 642 g/mol. The van der Waals surface area contributed by atoms with Crippen molar-refractivity contribution in [1.29, 1.82) is 0 Å². The van der Waals surface area contributed by atoms with Gasteiger partial charge in [-0.2, -0.15) is 4.39 Å². The molecule has 3 aromatic heterocycles. The van der Waals surface area contributed by atoms with Crippen LogP contribution in [0.2, 0.25) is 0 Å². The largest absolute Gasteiger partial charge is 0.453 e. The number of rotatable bonds is 10. The fourth-order valence-electron chi connectivity index (χ4n) is 4.26.